The molecule has 1 saturated heterocycles. The summed E-state index contributed by atoms with van der Waals surface area (Å²) < 4.78 is 5.20. The highest BCUT2D eigenvalue weighted by Crippen LogP contribution is 2.30. The van der Waals surface area contributed by atoms with E-state index in [1.54, 1.807) is 6.20 Å². The molecule has 0 unspecified atom stereocenters. The van der Waals surface area contributed by atoms with Crippen molar-refractivity contribution >= 4 is 5.82 Å². The van der Waals surface area contributed by atoms with E-state index in [2.05, 4.69) is 39.3 Å². The van der Waals surface area contributed by atoms with Crippen molar-refractivity contribution in [1.29, 1.82) is 0 Å². The van der Waals surface area contributed by atoms with E-state index in [4.69, 9.17) is 10.3 Å². The van der Waals surface area contributed by atoms with Gasteiger partial charge in [0.05, 0.1) is 18.4 Å². The Morgan fingerprint density at radius 3 is 2.52 bits per heavy atom. The van der Waals surface area contributed by atoms with Gasteiger partial charge in [0.1, 0.15) is 5.82 Å². The molecule has 1 fully saturated rings. The lowest BCUT2D eigenvalue weighted by Crippen LogP contribution is -2.32. The molecule has 2 aromatic heterocycles. The molecule has 1 aliphatic heterocycles. The predicted octanol–water partition coefficient (Wildman–Crippen LogP) is 3.70. The third-order valence-corrected chi connectivity index (χ3v) is 4.91. The number of anilines is 1. The van der Waals surface area contributed by atoms with Crippen LogP contribution in [-0.4, -0.2) is 28.1 Å². The Bertz CT molecular complexity index is 806. The zero-order valence-electron chi connectivity index (χ0n) is 14.1. The average Bonchev–Trinajstić information content (AvgIpc) is 3.16. The average molecular weight is 334 g/mol. The van der Waals surface area contributed by atoms with Gasteiger partial charge in [-0.25, -0.2) is 4.98 Å². The summed E-state index contributed by atoms with van der Waals surface area (Å²) in [6.45, 7) is 3.03. The molecule has 2 N–H and O–H groups in total. The van der Waals surface area contributed by atoms with Crippen molar-refractivity contribution < 1.29 is 4.52 Å². The molecular formula is C20H22N4O. The molecule has 0 saturated carbocycles. The van der Waals surface area contributed by atoms with Crippen molar-refractivity contribution in [3.05, 3.63) is 66.1 Å². The number of nitrogens with zero attached hydrogens (tertiary/aromatic N) is 3. The van der Waals surface area contributed by atoms with Crippen LogP contribution < -0.4 is 5.73 Å². The smallest absolute Gasteiger partial charge is 0.150 e. The van der Waals surface area contributed by atoms with E-state index >= 15 is 0 Å². The van der Waals surface area contributed by atoms with E-state index in [1.165, 1.54) is 18.4 Å². The summed E-state index contributed by atoms with van der Waals surface area (Å²) in [4.78, 5) is 6.82. The Kier molecular flexibility index (Phi) is 4.48. The molecule has 128 valence electrons. The van der Waals surface area contributed by atoms with Gasteiger partial charge in [0, 0.05) is 11.6 Å². The van der Waals surface area contributed by atoms with Gasteiger partial charge < -0.3 is 10.3 Å². The van der Waals surface area contributed by atoms with Crippen LogP contribution in [0, 0.1) is 0 Å². The summed E-state index contributed by atoms with van der Waals surface area (Å²) in [5.41, 5.74) is 9.22. The van der Waals surface area contributed by atoms with Gasteiger partial charge in [-0.3, -0.25) is 4.90 Å². The number of nitrogens with two attached hydrogens (primary N) is 1. The Morgan fingerprint density at radius 1 is 1.04 bits per heavy atom. The van der Waals surface area contributed by atoms with Crippen molar-refractivity contribution in [2.45, 2.75) is 25.3 Å². The molecule has 0 bridgehead atoms. The Morgan fingerprint density at radius 2 is 1.84 bits per heavy atom. The van der Waals surface area contributed by atoms with E-state index in [-0.39, 0.29) is 0 Å². The van der Waals surface area contributed by atoms with Crippen LogP contribution in [0.15, 0.2) is 59.3 Å². The molecule has 5 nitrogen and oxygen atoms in total. The number of aromatic nitrogens is 2. The van der Waals surface area contributed by atoms with Crippen LogP contribution in [0.1, 0.15) is 30.1 Å². The highest BCUT2D eigenvalue weighted by molar-refractivity contribution is 5.61. The van der Waals surface area contributed by atoms with Gasteiger partial charge in [-0.15, -0.1) is 0 Å². The fourth-order valence-corrected chi connectivity index (χ4v) is 3.51. The number of piperidine rings is 1. The van der Waals surface area contributed by atoms with Crippen molar-refractivity contribution in [1.82, 2.24) is 15.0 Å². The highest BCUT2D eigenvalue weighted by Gasteiger charge is 2.21. The lowest BCUT2D eigenvalue weighted by Gasteiger charge is -2.31. The Balaban J connectivity index is 1.38. The second kappa shape index (κ2) is 7.07. The van der Waals surface area contributed by atoms with E-state index < -0.39 is 0 Å². The van der Waals surface area contributed by atoms with Gasteiger partial charge in [-0.2, -0.15) is 0 Å². The minimum Gasteiger partial charge on any atom is -0.384 e. The predicted molar refractivity (Wildman–Crippen MR) is 97.8 cm³/mol. The zero-order valence-corrected chi connectivity index (χ0v) is 14.1. The first-order valence-corrected chi connectivity index (χ1v) is 8.73. The van der Waals surface area contributed by atoms with Crippen molar-refractivity contribution in [2.75, 3.05) is 18.8 Å². The van der Waals surface area contributed by atoms with Crippen molar-refractivity contribution in [3.63, 3.8) is 0 Å². The number of hydrogen-bond donors (Lipinski definition) is 1. The summed E-state index contributed by atoms with van der Waals surface area (Å²) in [7, 11) is 0. The van der Waals surface area contributed by atoms with E-state index in [0.29, 0.717) is 11.7 Å². The summed E-state index contributed by atoms with van der Waals surface area (Å²) >= 11 is 0. The van der Waals surface area contributed by atoms with Crippen LogP contribution in [0.2, 0.25) is 0 Å². The number of nitrogen functional groups attached to an aromatic ring is 1. The molecule has 0 atom stereocenters. The van der Waals surface area contributed by atoms with Gasteiger partial charge >= 0.3 is 0 Å². The lowest BCUT2D eigenvalue weighted by atomic mass is 9.89. The quantitative estimate of drug-likeness (QED) is 0.788. The molecular weight excluding hydrogens is 312 g/mol. The third-order valence-electron chi connectivity index (χ3n) is 4.91. The first kappa shape index (κ1) is 15.8. The summed E-state index contributed by atoms with van der Waals surface area (Å²) in [6.07, 6.45) is 4.05. The maximum Gasteiger partial charge on any atom is 0.150 e. The molecule has 0 amide bonds. The minimum absolute atomic E-state index is 0.556. The molecule has 3 heterocycles. The molecule has 3 aromatic rings. The van der Waals surface area contributed by atoms with Gasteiger partial charge in [0.2, 0.25) is 0 Å². The number of pyridine rings is 1. The summed E-state index contributed by atoms with van der Waals surface area (Å²) in [5, 5.41) is 3.77. The Hall–Kier alpha value is -2.66. The van der Waals surface area contributed by atoms with Crippen molar-refractivity contribution in [3.8, 4) is 11.3 Å². The molecule has 4 rings (SSSR count). The van der Waals surface area contributed by atoms with Crippen molar-refractivity contribution in [2.24, 2.45) is 0 Å². The SMILES string of the molecule is Nc1cccc(-c2ccc(C3CCN(Cc4ccno4)CC3)cc2)n1. The Labute approximate surface area is 147 Å². The molecule has 0 spiro atoms. The van der Waals surface area contributed by atoms with Crippen LogP contribution in [-0.2, 0) is 6.54 Å². The standard InChI is InChI=1S/C20H22N4O/c21-20-3-1-2-19(23-20)17-6-4-15(5-7-17)16-9-12-24(13-10-16)14-18-8-11-22-25-18/h1-8,11,16H,9-10,12-14H2,(H2,21,23). The van der Waals surface area contributed by atoms with Crippen LogP contribution in [0.5, 0.6) is 0 Å². The van der Waals surface area contributed by atoms with Gasteiger partial charge in [0.25, 0.3) is 0 Å². The van der Waals surface area contributed by atoms with E-state index in [0.717, 1.165) is 36.7 Å². The first-order chi connectivity index (χ1) is 12.3. The first-order valence-electron chi connectivity index (χ1n) is 8.73. The van der Waals surface area contributed by atoms with Crippen LogP contribution in [0.3, 0.4) is 0 Å². The minimum atomic E-state index is 0.556. The topological polar surface area (TPSA) is 68.2 Å². The number of rotatable bonds is 4. The van der Waals surface area contributed by atoms with Gasteiger partial charge in [-0.05, 0) is 49.5 Å². The van der Waals surface area contributed by atoms with E-state index in [1.807, 2.05) is 24.3 Å². The molecule has 5 heteroatoms. The zero-order chi connectivity index (χ0) is 17.1. The van der Waals surface area contributed by atoms with E-state index in [9.17, 15) is 0 Å². The normalized spacial score (nSPS) is 16.2. The number of likely N-dealkylation sites (tertiary alicyclic amines) is 1. The van der Waals surface area contributed by atoms with Crippen LogP contribution in [0.4, 0.5) is 5.82 Å². The maximum absolute atomic E-state index is 5.78. The number of benzene rings is 1. The lowest BCUT2D eigenvalue weighted by molar-refractivity contribution is 0.184. The fourth-order valence-electron chi connectivity index (χ4n) is 3.51. The monoisotopic (exact) mass is 334 g/mol. The van der Waals surface area contributed by atoms with Crippen LogP contribution >= 0.6 is 0 Å². The molecule has 1 aromatic carbocycles. The van der Waals surface area contributed by atoms with Gasteiger partial charge in [-0.1, -0.05) is 35.5 Å². The van der Waals surface area contributed by atoms with Gasteiger partial charge in [0.15, 0.2) is 5.76 Å². The fraction of sp³-hybridized carbons (Fsp3) is 0.300. The maximum atomic E-state index is 5.78. The second-order valence-electron chi connectivity index (χ2n) is 6.60. The second-order valence-corrected chi connectivity index (χ2v) is 6.60. The molecule has 0 aliphatic carbocycles. The number of hydrogen-bond acceptors (Lipinski definition) is 5. The third kappa shape index (κ3) is 3.72. The molecule has 25 heavy (non-hydrogen) atoms. The highest BCUT2D eigenvalue weighted by atomic mass is 16.5. The van der Waals surface area contributed by atoms with Crippen LogP contribution in [0.25, 0.3) is 11.3 Å². The summed E-state index contributed by atoms with van der Waals surface area (Å²) in [5.74, 6) is 2.12. The largest absolute Gasteiger partial charge is 0.384 e. The molecule has 0 radical (unpaired) electrons. The molecule has 1 aliphatic rings. The summed E-state index contributed by atoms with van der Waals surface area (Å²) in [6, 6.07) is 16.5.